The topological polar surface area (TPSA) is 52.1 Å². The molecule has 18 heavy (non-hydrogen) atoms. The highest BCUT2D eigenvalue weighted by Gasteiger charge is 2.19. The first-order valence-electron chi connectivity index (χ1n) is 5.63. The van der Waals surface area contributed by atoms with Gasteiger partial charge in [0.2, 0.25) is 0 Å². The Bertz CT molecular complexity index is 631. The lowest BCUT2D eigenvalue weighted by atomic mass is 10.0. The number of ether oxygens (including phenoxy) is 1. The number of hydrogen-bond acceptors (Lipinski definition) is 5. The summed E-state index contributed by atoms with van der Waals surface area (Å²) < 4.78 is 5.03. The predicted octanol–water partition coefficient (Wildman–Crippen LogP) is 3.21. The molecule has 94 valence electrons. The Labute approximate surface area is 109 Å². The highest BCUT2D eigenvalue weighted by molar-refractivity contribution is 7.18. The summed E-state index contributed by atoms with van der Waals surface area (Å²) in [5.41, 5.74) is 2.69. The predicted molar refractivity (Wildman–Crippen MR) is 72.8 cm³/mol. The normalized spacial score (nSPS) is 10.6. The molecule has 0 N–H and O–H groups in total. The Morgan fingerprint density at radius 3 is 2.89 bits per heavy atom. The van der Waals surface area contributed by atoms with E-state index in [-0.39, 0.29) is 5.97 Å². The second-order valence-electron chi connectivity index (χ2n) is 3.93. The molecule has 0 spiro atoms. The summed E-state index contributed by atoms with van der Waals surface area (Å²) in [6.07, 6.45) is 1.54. The van der Waals surface area contributed by atoms with Gasteiger partial charge in [0.1, 0.15) is 10.3 Å². The molecule has 2 rings (SSSR count). The van der Waals surface area contributed by atoms with Crippen LogP contribution in [-0.4, -0.2) is 22.5 Å². The molecule has 0 saturated heterocycles. The minimum atomic E-state index is -0.379. The third-order valence-electron chi connectivity index (χ3n) is 2.46. The molecule has 0 aromatic carbocycles. The van der Waals surface area contributed by atoms with Gasteiger partial charge in [-0.25, -0.2) is 14.8 Å². The molecular formula is C13H14N2O2S. The van der Waals surface area contributed by atoms with Crippen LogP contribution in [0.25, 0.3) is 15.9 Å². The van der Waals surface area contributed by atoms with Gasteiger partial charge in [-0.2, -0.15) is 0 Å². The van der Waals surface area contributed by atoms with E-state index in [0.29, 0.717) is 12.2 Å². The van der Waals surface area contributed by atoms with Crippen molar-refractivity contribution >= 4 is 33.2 Å². The fourth-order valence-electron chi connectivity index (χ4n) is 1.78. The van der Waals surface area contributed by atoms with Crippen LogP contribution in [0.3, 0.4) is 0 Å². The number of fused-ring (bicyclic) bond motifs is 1. The zero-order valence-corrected chi connectivity index (χ0v) is 11.4. The molecule has 0 fully saturated rings. The Morgan fingerprint density at radius 2 is 2.28 bits per heavy atom. The van der Waals surface area contributed by atoms with Crippen LogP contribution in [0.4, 0.5) is 0 Å². The van der Waals surface area contributed by atoms with E-state index in [1.165, 1.54) is 11.3 Å². The first-order chi connectivity index (χ1) is 8.54. The average Bonchev–Trinajstić information content (AvgIpc) is 2.67. The second-order valence-corrected chi connectivity index (χ2v) is 5.12. The number of allylic oxidation sites excluding steroid dienone is 1. The van der Waals surface area contributed by atoms with Gasteiger partial charge in [0.15, 0.2) is 0 Å². The summed E-state index contributed by atoms with van der Waals surface area (Å²) >= 11 is 1.50. The van der Waals surface area contributed by atoms with Gasteiger partial charge in [-0.1, -0.05) is 17.9 Å². The van der Waals surface area contributed by atoms with Crippen LogP contribution in [0.1, 0.15) is 34.8 Å². The van der Waals surface area contributed by atoms with Gasteiger partial charge in [-0.3, -0.25) is 0 Å². The highest BCUT2D eigenvalue weighted by Crippen LogP contribution is 2.29. The summed E-state index contributed by atoms with van der Waals surface area (Å²) in [5.74, 6) is -0.379. The van der Waals surface area contributed by atoms with E-state index in [0.717, 1.165) is 26.5 Å². The number of thiazole rings is 1. The van der Waals surface area contributed by atoms with E-state index in [9.17, 15) is 4.79 Å². The van der Waals surface area contributed by atoms with Crippen LogP contribution >= 0.6 is 11.3 Å². The number of aryl methyl sites for hydroxylation is 1. The fraction of sp³-hybridized carbons (Fsp3) is 0.308. The van der Waals surface area contributed by atoms with Gasteiger partial charge in [0.05, 0.1) is 17.2 Å². The van der Waals surface area contributed by atoms with E-state index < -0.39 is 0 Å². The molecule has 0 unspecified atom stereocenters. The van der Waals surface area contributed by atoms with E-state index in [2.05, 4.69) is 16.5 Å². The molecule has 0 aliphatic carbocycles. The summed E-state index contributed by atoms with van der Waals surface area (Å²) in [4.78, 5) is 21.4. The van der Waals surface area contributed by atoms with Crippen LogP contribution < -0.4 is 0 Å². The molecule has 4 nitrogen and oxygen atoms in total. The van der Waals surface area contributed by atoms with E-state index >= 15 is 0 Å². The van der Waals surface area contributed by atoms with Crippen molar-refractivity contribution in [2.24, 2.45) is 0 Å². The van der Waals surface area contributed by atoms with Gasteiger partial charge in [0.25, 0.3) is 0 Å². The first-order valence-corrected chi connectivity index (χ1v) is 6.45. The third kappa shape index (κ3) is 2.13. The number of carbonyl (C=O) groups excluding carboxylic acids is 1. The Balaban J connectivity index is 2.70. The maximum absolute atomic E-state index is 11.9. The summed E-state index contributed by atoms with van der Waals surface area (Å²) in [5, 5.41) is 0.918. The number of nitrogens with zero attached hydrogens (tertiary/aromatic N) is 2. The van der Waals surface area contributed by atoms with Crippen LogP contribution in [0.5, 0.6) is 0 Å². The number of rotatable bonds is 3. The lowest BCUT2D eigenvalue weighted by Gasteiger charge is -2.08. The first kappa shape index (κ1) is 12.7. The highest BCUT2D eigenvalue weighted by atomic mass is 32.1. The van der Waals surface area contributed by atoms with Gasteiger partial charge >= 0.3 is 5.97 Å². The monoisotopic (exact) mass is 262 g/mol. The van der Waals surface area contributed by atoms with Gasteiger partial charge in [-0.15, -0.1) is 0 Å². The molecular weight excluding hydrogens is 248 g/mol. The molecule has 0 atom stereocenters. The average molecular weight is 262 g/mol. The summed E-state index contributed by atoms with van der Waals surface area (Å²) in [6.45, 7) is 9.80. The lowest BCUT2D eigenvalue weighted by molar-refractivity contribution is 0.0525. The Hall–Kier alpha value is -1.75. The van der Waals surface area contributed by atoms with Crippen molar-refractivity contribution in [1.29, 1.82) is 0 Å². The van der Waals surface area contributed by atoms with Crippen LogP contribution in [0, 0.1) is 6.92 Å². The number of aromatic nitrogens is 2. The molecule has 0 saturated carbocycles. The number of hydrogen-bond donors (Lipinski definition) is 0. The molecule has 5 heteroatoms. The van der Waals surface area contributed by atoms with Crippen molar-refractivity contribution in [1.82, 2.24) is 9.97 Å². The minimum absolute atomic E-state index is 0.336. The zero-order chi connectivity index (χ0) is 13.3. The lowest BCUT2D eigenvalue weighted by Crippen LogP contribution is -2.08. The van der Waals surface area contributed by atoms with Crippen molar-refractivity contribution in [2.75, 3.05) is 6.61 Å². The molecule has 2 aromatic rings. The van der Waals surface area contributed by atoms with E-state index in [4.69, 9.17) is 4.74 Å². The third-order valence-corrected chi connectivity index (χ3v) is 3.33. The largest absolute Gasteiger partial charge is 0.462 e. The number of pyridine rings is 1. The quantitative estimate of drug-likeness (QED) is 0.797. The standard InChI is InChI=1S/C13H14N2O2S/c1-5-17-13(16)9-6-14-12-11(10(9)7(2)3)15-8(4)18-12/h6H,2,5H2,1,3-4H3. The van der Waals surface area contributed by atoms with E-state index in [1.54, 1.807) is 13.1 Å². The Kier molecular flexibility index (Phi) is 3.43. The number of carbonyl (C=O) groups is 1. The number of esters is 1. The van der Waals surface area contributed by atoms with Crippen LogP contribution in [-0.2, 0) is 4.74 Å². The maximum atomic E-state index is 11.9. The molecule has 0 bridgehead atoms. The van der Waals surface area contributed by atoms with Crippen LogP contribution in [0.2, 0.25) is 0 Å². The molecule has 2 heterocycles. The molecule has 0 amide bonds. The minimum Gasteiger partial charge on any atom is -0.462 e. The van der Waals surface area contributed by atoms with Crippen molar-refractivity contribution in [2.45, 2.75) is 20.8 Å². The van der Waals surface area contributed by atoms with Crippen molar-refractivity contribution < 1.29 is 9.53 Å². The van der Waals surface area contributed by atoms with Crippen LogP contribution in [0.15, 0.2) is 12.8 Å². The van der Waals surface area contributed by atoms with E-state index in [1.807, 2.05) is 13.8 Å². The van der Waals surface area contributed by atoms with Crippen molar-refractivity contribution in [3.63, 3.8) is 0 Å². The smallest absolute Gasteiger partial charge is 0.340 e. The molecule has 2 aromatic heterocycles. The fourth-order valence-corrected chi connectivity index (χ4v) is 2.54. The zero-order valence-electron chi connectivity index (χ0n) is 10.6. The van der Waals surface area contributed by atoms with Gasteiger partial charge < -0.3 is 4.74 Å². The molecule has 0 aliphatic rings. The maximum Gasteiger partial charge on any atom is 0.340 e. The van der Waals surface area contributed by atoms with Crippen molar-refractivity contribution in [3.8, 4) is 0 Å². The van der Waals surface area contributed by atoms with Gasteiger partial charge in [-0.05, 0) is 26.3 Å². The summed E-state index contributed by atoms with van der Waals surface area (Å²) in [6, 6.07) is 0. The second kappa shape index (κ2) is 4.86. The molecule has 0 aliphatic heterocycles. The molecule has 0 radical (unpaired) electrons. The van der Waals surface area contributed by atoms with Crippen molar-refractivity contribution in [3.05, 3.63) is 28.9 Å². The summed E-state index contributed by atoms with van der Waals surface area (Å²) in [7, 11) is 0. The van der Waals surface area contributed by atoms with Gasteiger partial charge in [0, 0.05) is 11.8 Å². The SMILES string of the molecule is C=C(C)c1c(C(=O)OCC)cnc2sc(C)nc12. The Morgan fingerprint density at radius 1 is 1.56 bits per heavy atom.